The van der Waals surface area contributed by atoms with Gasteiger partial charge in [-0.25, -0.2) is 0 Å². The number of carbonyl (C=O) groups excluding carboxylic acids is 2. The molecule has 0 atom stereocenters. The Bertz CT molecular complexity index is 283. The average Bonchev–Trinajstić information content (AvgIpc) is 2.46. The van der Waals surface area contributed by atoms with Gasteiger partial charge in [-0.15, -0.1) is 0 Å². The van der Waals surface area contributed by atoms with E-state index in [4.69, 9.17) is 4.74 Å². The highest BCUT2D eigenvalue weighted by molar-refractivity contribution is 5.77. The number of piperidine rings is 1. The van der Waals surface area contributed by atoms with Gasteiger partial charge in [0, 0.05) is 19.5 Å². The second-order valence-corrected chi connectivity index (χ2v) is 5.34. The normalized spacial score (nSPS) is 16.4. The summed E-state index contributed by atoms with van der Waals surface area (Å²) < 4.78 is 4.75. The van der Waals surface area contributed by atoms with Gasteiger partial charge in [0.05, 0.1) is 13.0 Å². The third-order valence-corrected chi connectivity index (χ3v) is 3.88. The van der Waals surface area contributed by atoms with E-state index in [9.17, 15) is 9.59 Å². The van der Waals surface area contributed by atoms with Crippen molar-refractivity contribution in [1.82, 2.24) is 4.90 Å². The van der Waals surface area contributed by atoms with E-state index in [1.54, 1.807) is 0 Å². The summed E-state index contributed by atoms with van der Waals surface area (Å²) in [6.45, 7) is 3.59. The third-order valence-electron chi connectivity index (χ3n) is 3.88. The lowest BCUT2D eigenvalue weighted by molar-refractivity contribution is -0.148. The Kier molecular flexibility index (Phi) is 7.53. The van der Waals surface area contributed by atoms with Crippen molar-refractivity contribution in [3.8, 4) is 0 Å². The predicted octanol–water partition coefficient (Wildman–Crippen LogP) is 2.76. The number of hydrogen-bond acceptors (Lipinski definition) is 3. The van der Waals surface area contributed by atoms with Crippen molar-refractivity contribution in [2.75, 3.05) is 20.2 Å². The molecule has 0 unspecified atom stereocenters. The summed E-state index contributed by atoms with van der Waals surface area (Å²) >= 11 is 0. The topological polar surface area (TPSA) is 46.6 Å². The van der Waals surface area contributed by atoms with Crippen LogP contribution in [-0.2, 0) is 14.3 Å². The van der Waals surface area contributed by atoms with E-state index in [0.29, 0.717) is 19.5 Å². The molecular weight excluding hydrogens is 242 g/mol. The number of likely N-dealkylation sites (tertiary alicyclic amines) is 1. The number of rotatable bonds is 7. The van der Waals surface area contributed by atoms with E-state index in [1.165, 1.54) is 26.4 Å². The minimum absolute atomic E-state index is 0.0152. The number of ether oxygens (including phenoxy) is 1. The van der Waals surface area contributed by atoms with Crippen molar-refractivity contribution in [3.05, 3.63) is 0 Å². The van der Waals surface area contributed by atoms with Crippen LogP contribution in [0.15, 0.2) is 0 Å². The molecule has 0 aromatic rings. The largest absolute Gasteiger partial charge is 0.469 e. The number of esters is 1. The molecule has 1 aliphatic rings. The Hall–Kier alpha value is -1.06. The molecule has 0 spiro atoms. The molecule has 0 N–H and O–H groups in total. The number of carbonyl (C=O) groups is 2. The fourth-order valence-corrected chi connectivity index (χ4v) is 2.57. The molecule has 19 heavy (non-hydrogen) atoms. The summed E-state index contributed by atoms with van der Waals surface area (Å²) in [6.07, 6.45) is 8.02. The van der Waals surface area contributed by atoms with Crippen LogP contribution in [0.4, 0.5) is 0 Å². The summed E-state index contributed by atoms with van der Waals surface area (Å²) in [4.78, 5) is 25.3. The quantitative estimate of drug-likeness (QED) is 0.527. The van der Waals surface area contributed by atoms with Crippen LogP contribution in [0.1, 0.15) is 58.3 Å². The van der Waals surface area contributed by atoms with Crippen LogP contribution in [0.5, 0.6) is 0 Å². The van der Waals surface area contributed by atoms with Crippen LogP contribution in [0.2, 0.25) is 0 Å². The number of hydrogen-bond donors (Lipinski definition) is 0. The molecule has 0 bridgehead atoms. The lowest BCUT2D eigenvalue weighted by Crippen LogP contribution is -2.40. The Morgan fingerprint density at radius 2 is 1.74 bits per heavy atom. The molecule has 0 aliphatic carbocycles. The first-order valence-corrected chi connectivity index (χ1v) is 7.54. The third kappa shape index (κ3) is 5.62. The van der Waals surface area contributed by atoms with E-state index in [0.717, 1.165) is 25.7 Å². The lowest BCUT2D eigenvalue weighted by atomic mass is 9.96. The van der Waals surface area contributed by atoms with Gasteiger partial charge in [-0.05, 0) is 19.3 Å². The first kappa shape index (κ1) is 16.0. The van der Waals surface area contributed by atoms with Gasteiger partial charge in [-0.1, -0.05) is 32.6 Å². The Labute approximate surface area is 116 Å². The maximum absolute atomic E-state index is 12.0. The molecule has 4 nitrogen and oxygen atoms in total. The van der Waals surface area contributed by atoms with E-state index in [-0.39, 0.29) is 17.8 Å². The standard InChI is InChI=1S/C15H27NO3/c1-3-4-5-6-7-8-14(17)16-11-9-13(10-12-16)15(18)19-2/h13H,3-12H2,1-2H3. The molecule has 0 aromatic heterocycles. The predicted molar refractivity (Wildman–Crippen MR) is 74.7 cm³/mol. The van der Waals surface area contributed by atoms with Crippen molar-refractivity contribution in [1.29, 1.82) is 0 Å². The summed E-state index contributed by atoms with van der Waals surface area (Å²) in [5, 5.41) is 0. The molecule has 1 heterocycles. The fourth-order valence-electron chi connectivity index (χ4n) is 2.57. The molecule has 0 saturated carbocycles. The zero-order valence-electron chi connectivity index (χ0n) is 12.3. The zero-order chi connectivity index (χ0) is 14.1. The molecule has 1 rings (SSSR count). The number of amides is 1. The maximum atomic E-state index is 12.0. The van der Waals surface area contributed by atoms with Crippen LogP contribution in [0.25, 0.3) is 0 Å². The zero-order valence-corrected chi connectivity index (χ0v) is 12.3. The van der Waals surface area contributed by atoms with E-state index < -0.39 is 0 Å². The van der Waals surface area contributed by atoms with E-state index >= 15 is 0 Å². The summed E-state index contributed by atoms with van der Waals surface area (Å²) in [6, 6.07) is 0. The molecule has 1 saturated heterocycles. The lowest BCUT2D eigenvalue weighted by Gasteiger charge is -2.30. The van der Waals surface area contributed by atoms with Crippen molar-refractivity contribution in [2.45, 2.75) is 58.3 Å². The van der Waals surface area contributed by atoms with Gasteiger partial charge >= 0.3 is 5.97 Å². The molecule has 0 aromatic carbocycles. The number of nitrogens with zero attached hydrogens (tertiary/aromatic N) is 1. The van der Waals surface area contributed by atoms with Gasteiger partial charge in [-0.3, -0.25) is 9.59 Å². The fraction of sp³-hybridized carbons (Fsp3) is 0.867. The smallest absolute Gasteiger partial charge is 0.308 e. The Balaban J connectivity index is 2.16. The molecule has 110 valence electrons. The average molecular weight is 269 g/mol. The number of unbranched alkanes of at least 4 members (excludes halogenated alkanes) is 4. The second-order valence-electron chi connectivity index (χ2n) is 5.34. The van der Waals surface area contributed by atoms with Crippen LogP contribution in [0, 0.1) is 5.92 Å². The van der Waals surface area contributed by atoms with Crippen LogP contribution < -0.4 is 0 Å². The first-order chi connectivity index (χ1) is 9.19. The highest BCUT2D eigenvalue weighted by Gasteiger charge is 2.27. The molecule has 1 fully saturated rings. The van der Waals surface area contributed by atoms with Gasteiger partial charge in [0.2, 0.25) is 5.91 Å². The minimum atomic E-state index is -0.133. The SMILES string of the molecule is CCCCCCCC(=O)N1CCC(C(=O)OC)CC1. The van der Waals surface area contributed by atoms with E-state index in [2.05, 4.69) is 6.92 Å². The van der Waals surface area contributed by atoms with Gasteiger partial charge in [0.1, 0.15) is 0 Å². The molecular formula is C15H27NO3. The summed E-state index contributed by atoms with van der Waals surface area (Å²) in [5.74, 6) is 0.102. The van der Waals surface area contributed by atoms with Crippen molar-refractivity contribution >= 4 is 11.9 Å². The Morgan fingerprint density at radius 3 is 2.32 bits per heavy atom. The maximum Gasteiger partial charge on any atom is 0.308 e. The molecule has 4 heteroatoms. The summed E-state index contributed by atoms with van der Waals surface area (Å²) in [5.41, 5.74) is 0. The van der Waals surface area contributed by atoms with E-state index in [1.807, 2.05) is 4.90 Å². The van der Waals surface area contributed by atoms with Crippen molar-refractivity contribution in [3.63, 3.8) is 0 Å². The van der Waals surface area contributed by atoms with Crippen molar-refractivity contribution in [2.24, 2.45) is 5.92 Å². The van der Waals surface area contributed by atoms with Gasteiger partial charge in [0.25, 0.3) is 0 Å². The van der Waals surface area contributed by atoms with Crippen LogP contribution in [-0.4, -0.2) is 37.0 Å². The Morgan fingerprint density at radius 1 is 1.11 bits per heavy atom. The van der Waals surface area contributed by atoms with Gasteiger partial charge < -0.3 is 9.64 Å². The van der Waals surface area contributed by atoms with Crippen LogP contribution >= 0.6 is 0 Å². The number of methoxy groups -OCH3 is 1. The molecule has 0 radical (unpaired) electrons. The van der Waals surface area contributed by atoms with Crippen molar-refractivity contribution < 1.29 is 14.3 Å². The molecule has 1 aliphatic heterocycles. The minimum Gasteiger partial charge on any atom is -0.469 e. The monoisotopic (exact) mass is 269 g/mol. The molecule has 1 amide bonds. The first-order valence-electron chi connectivity index (χ1n) is 7.54. The van der Waals surface area contributed by atoms with Gasteiger partial charge in [0.15, 0.2) is 0 Å². The van der Waals surface area contributed by atoms with Gasteiger partial charge in [-0.2, -0.15) is 0 Å². The second kappa shape index (κ2) is 8.94. The highest BCUT2D eigenvalue weighted by Crippen LogP contribution is 2.19. The van der Waals surface area contributed by atoms with Crippen LogP contribution in [0.3, 0.4) is 0 Å². The summed E-state index contributed by atoms with van der Waals surface area (Å²) in [7, 11) is 1.43. The highest BCUT2D eigenvalue weighted by atomic mass is 16.5.